The number of nitrogens with one attached hydrogen (secondary N) is 1. The summed E-state index contributed by atoms with van der Waals surface area (Å²) in [4.78, 5) is 24.1. The van der Waals surface area contributed by atoms with Crippen LogP contribution in [-0.2, 0) is 15.8 Å². The third-order valence-corrected chi connectivity index (χ3v) is 5.12. The Morgan fingerprint density at radius 1 is 1.20 bits per heavy atom. The number of allylic oxidation sites excluding steroid dienone is 2. The fraction of sp³-hybridized carbons (Fsp3) is 0.444. The van der Waals surface area contributed by atoms with E-state index in [1.54, 1.807) is 6.92 Å². The number of hydrogen-bond acceptors (Lipinski definition) is 2. The number of amides is 1. The van der Waals surface area contributed by atoms with Gasteiger partial charge in [0, 0.05) is 0 Å². The monoisotopic (exact) mass is 353 g/mol. The molecule has 5 unspecified atom stereocenters. The standard InChI is InChI=1S/C18H18F3NO3/c1-9(10-3-2-4-13(8-10)18(19,20)21)22-16(23)14-11-5-6-12(7-11)15(14)17(24)25/h2-6,8-9,11-12,14-15H,7H2,1H3,(H,22,23)(H,24,25). The van der Waals surface area contributed by atoms with E-state index in [2.05, 4.69) is 5.32 Å². The van der Waals surface area contributed by atoms with E-state index in [9.17, 15) is 27.9 Å². The molecule has 2 bridgehead atoms. The van der Waals surface area contributed by atoms with Gasteiger partial charge in [0.15, 0.2) is 0 Å². The summed E-state index contributed by atoms with van der Waals surface area (Å²) in [7, 11) is 0. The maximum atomic E-state index is 12.8. The zero-order valence-corrected chi connectivity index (χ0v) is 13.5. The van der Waals surface area contributed by atoms with Gasteiger partial charge in [-0.15, -0.1) is 0 Å². The van der Waals surface area contributed by atoms with Gasteiger partial charge in [-0.05, 0) is 42.9 Å². The lowest BCUT2D eigenvalue weighted by Crippen LogP contribution is -2.41. The van der Waals surface area contributed by atoms with Crippen molar-refractivity contribution in [1.82, 2.24) is 5.32 Å². The predicted molar refractivity (Wildman–Crippen MR) is 83.4 cm³/mol. The summed E-state index contributed by atoms with van der Waals surface area (Å²) >= 11 is 0. The third kappa shape index (κ3) is 3.27. The van der Waals surface area contributed by atoms with Gasteiger partial charge in [0.25, 0.3) is 0 Å². The van der Waals surface area contributed by atoms with Crippen molar-refractivity contribution >= 4 is 11.9 Å². The maximum Gasteiger partial charge on any atom is 0.416 e. The minimum absolute atomic E-state index is 0.125. The second-order valence-electron chi connectivity index (χ2n) is 6.69. The molecule has 7 heteroatoms. The molecule has 0 saturated heterocycles. The highest BCUT2D eigenvalue weighted by molar-refractivity contribution is 5.87. The third-order valence-electron chi connectivity index (χ3n) is 5.12. The number of aliphatic carboxylic acids is 1. The van der Waals surface area contributed by atoms with Crippen LogP contribution in [0.5, 0.6) is 0 Å². The summed E-state index contributed by atoms with van der Waals surface area (Å²) in [6, 6.07) is 4.13. The van der Waals surface area contributed by atoms with Crippen molar-refractivity contribution in [2.24, 2.45) is 23.7 Å². The molecule has 134 valence electrons. The van der Waals surface area contributed by atoms with Crippen molar-refractivity contribution < 1.29 is 27.9 Å². The summed E-state index contributed by atoms with van der Waals surface area (Å²) in [6.07, 6.45) is -0.122. The Bertz CT molecular complexity index is 729. The normalized spacial score (nSPS) is 28.8. The number of alkyl halides is 3. The first kappa shape index (κ1) is 17.5. The number of benzene rings is 1. The number of fused-ring (bicyclic) bond motifs is 2. The number of rotatable bonds is 4. The van der Waals surface area contributed by atoms with Crippen LogP contribution in [0.15, 0.2) is 36.4 Å². The first-order valence-electron chi connectivity index (χ1n) is 8.07. The molecular weight excluding hydrogens is 335 g/mol. The van der Waals surface area contributed by atoms with E-state index in [4.69, 9.17) is 0 Å². The summed E-state index contributed by atoms with van der Waals surface area (Å²) < 4.78 is 38.5. The van der Waals surface area contributed by atoms with Gasteiger partial charge in [-0.3, -0.25) is 9.59 Å². The largest absolute Gasteiger partial charge is 0.481 e. The molecule has 0 radical (unpaired) electrons. The fourth-order valence-electron chi connectivity index (χ4n) is 3.89. The van der Waals surface area contributed by atoms with E-state index in [1.165, 1.54) is 12.1 Å². The number of carbonyl (C=O) groups is 2. The summed E-state index contributed by atoms with van der Waals surface area (Å²) in [5.74, 6) is -3.16. The zero-order valence-electron chi connectivity index (χ0n) is 13.5. The summed E-state index contributed by atoms with van der Waals surface area (Å²) in [5.41, 5.74) is -0.453. The van der Waals surface area contributed by atoms with Gasteiger partial charge in [0.1, 0.15) is 0 Å². The predicted octanol–water partition coefficient (Wildman–Crippen LogP) is 3.41. The van der Waals surface area contributed by atoms with Crippen LogP contribution < -0.4 is 5.32 Å². The van der Waals surface area contributed by atoms with E-state index >= 15 is 0 Å². The smallest absolute Gasteiger partial charge is 0.416 e. The minimum Gasteiger partial charge on any atom is -0.481 e. The molecule has 1 saturated carbocycles. The molecule has 2 aliphatic carbocycles. The number of halogens is 3. The number of carbonyl (C=O) groups excluding carboxylic acids is 1. The Kier molecular flexibility index (Phi) is 4.34. The average Bonchev–Trinajstić information content (AvgIpc) is 3.15. The minimum atomic E-state index is -4.45. The van der Waals surface area contributed by atoms with Crippen molar-refractivity contribution in [3.63, 3.8) is 0 Å². The zero-order chi connectivity index (χ0) is 18.4. The molecule has 0 aliphatic heterocycles. The molecule has 3 rings (SSSR count). The lowest BCUT2D eigenvalue weighted by atomic mass is 9.82. The summed E-state index contributed by atoms with van der Waals surface area (Å²) in [6.45, 7) is 1.59. The van der Waals surface area contributed by atoms with E-state index in [0.29, 0.717) is 12.0 Å². The summed E-state index contributed by atoms with van der Waals surface area (Å²) in [5, 5.41) is 12.1. The van der Waals surface area contributed by atoms with E-state index in [-0.39, 0.29) is 11.8 Å². The van der Waals surface area contributed by atoms with Gasteiger partial charge in [-0.2, -0.15) is 13.2 Å². The van der Waals surface area contributed by atoms with Gasteiger partial charge < -0.3 is 10.4 Å². The van der Waals surface area contributed by atoms with Crippen molar-refractivity contribution in [2.45, 2.75) is 25.6 Å². The Labute approximate surface area is 142 Å². The van der Waals surface area contributed by atoms with Crippen molar-refractivity contribution in [3.8, 4) is 0 Å². The molecule has 0 spiro atoms. The highest BCUT2D eigenvalue weighted by Crippen LogP contribution is 2.48. The van der Waals surface area contributed by atoms with Crippen LogP contribution in [0.2, 0.25) is 0 Å². The maximum absolute atomic E-state index is 12.8. The highest BCUT2D eigenvalue weighted by Gasteiger charge is 2.51. The Morgan fingerprint density at radius 2 is 1.84 bits per heavy atom. The SMILES string of the molecule is CC(NC(=O)C1C2C=CC(C2)C1C(=O)O)c1cccc(C(F)(F)F)c1. The number of hydrogen-bond donors (Lipinski definition) is 2. The Balaban J connectivity index is 1.75. The van der Waals surface area contributed by atoms with Crippen LogP contribution in [-0.4, -0.2) is 17.0 Å². The van der Waals surface area contributed by atoms with Gasteiger partial charge >= 0.3 is 12.1 Å². The molecule has 0 aromatic heterocycles. The lowest BCUT2D eigenvalue weighted by Gasteiger charge is -2.26. The lowest BCUT2D eigenvalue weighted by molar-refractivity contribution is -0.148. The van der Waals surface area contributed by atoms with Gasteiger partial charge in [-0.1, -0.05) is 24.3 Å². The van der Waals surface area contributed by atoms with Gasteiger partial charge in [-0.25, -0.2) is 0 Å². The molecule has 1 aromatic carbocycles. The Morgan fingerprint density at radius 3 is 2.44 bits per heavy atom. The van der Waals surface area contributed by atoms with Crippen LogP contribution in [0.25, 0.3) is 0 Å². The van der Waals surface area contributed by atoms with E-state index in [0.717, 1.165) is 12.1 Å². The molecule has 1 fully saturated rings. The van der Waals surface area contributed by atoms with E-state index in [1.807, 2.05) is 12.2 Å². The second-order valence-corrected chi connectivity index (χ2v) is 6.69. The second kappa shape index (κ2) is 6.20. The quantitative estimate of drug-likeness (QED) is 0.816. The molecule has 4 nitrogen and oxygen atoms in total. The Hall–Kier alpha value is -2.31. The van der Waals surface area contributed by atoms with Crippen molar-refractivity contribution in [2.75, 3.05) is 0 Å². The van der Waals surface area contributed by atoms with E-state index < -0.39 is 41.5 Å². The molecule has 25 heavy (non-hydrogen) atoms. The number of carboxylic acids is 1. The molecule has 2 N–H and O–H groups in total. The first-order chi connectivity index (χ1) is 11.7. The molecule has 1 amide bonds. The van der Waals surface area contributed by atoms with Crippen LogP contribution in [0, 0.1) is 23.7 Å². The molecule has 5 atom stereocenters. The van der Waals surface area contributed by atoms with Crippen LogP contribution in [0.3, 0.4) is 0 Å². The first-order valence-corrected chi connectivity index (χ1v) is 8.07. The number of carboxylic acid groups (broad SMARTS) is 1. The van der Waals surface area contributed by atoms with Gasteiger partial charge in [0.2, 0.25) is 5.91 Å². The molecule has 1 aromatic rings. The molecular formula is C18H18F3NO3. The van der Waals surface area contributed by atoms with Gasteiger partial charge in [0.05, 0.1) is 23.4 Å². The average molecular weight is 353 g/mol. The highest BCUT2D eigenvalue weighted by atomic mass is 19.4. The van der Waals surface area contributed by atoms with Crippen molar-refractivity contribution in [3.05, 3.63) is 47.5 Å². The van der Waals surface area contributed by atoms with Crippen LogP contribution in [0.4, 0.5) is 13.2 Å². The molecule has 2 aliphatic rings. The van der Waals surface area contributed by atoms with Crippen molar-refractivity contribution in [1.29, 1.82) is 0 Å². The van der Waals surface area contributed by atoms with Crippen LogP contribution >= 0.6 is 0 Å². The fourth-order valence-corrected chi connectivity index (χ4v) is 3.89. The molecule has 0 heterocycles. The van der Waals surface area contributed by atoms with Crippen LogP contribution in [0.1, 0.15) is 30.5 Å². The topological polar surface area (TPSA) is 66.4 Å².